The number of nitrogens with zero attached hydrogens (tertiary/aromatic N) is 1. The van der Waals surface area contributed by atoms with E-state index in [4.69, 9.17) is 9.52 Å². The number of hydrogen-bond acceptors (Lipinski definition) is 3. The summed E-state index contributed by atoms with van der Waals surface area (Å²) in [5, 5.41) is 8.94. The number of carboxylic acid groups (broad SMARTS) is 1. The molecule has 1 atom stereocenters. The van der Waals surface area contributed by atoms with Gasteiger partial charge in [-0.3, -0.25) is 0 Å². The van der Waals surface area contributed by atoms with Gasteiger partial charge in [0.05, 0.1) is 5.56 Å². The van der Waals surface area contributed by atoms with Crippen molar-refractivity contribution < 1.29 is 14.3 Å². The summed E-state index contributed by atoms with van der Waals surface area (Å²) in [6.07, 6.45) is 0.751. The molecule has 4 heteroatoms. The highest BCUT2D eigenvalue weighted by Crippen LogP contribution is 2.29. The van der Waals surface area contributed by atoms with Gasteiger partial charge < -0.3 is 9.52 Å². The first-order chi connectivity index (χ1) is 8.77. The molecule has 0 amide bonds. The normalized spacial score (nSPS) is 13.7. The van der Waals surface area contributed by atoms with Crippen molar-refractivity contribution in [2.45, 2.75) is 34.1 Å². The van der Waals surface area contributed by atoms with Gasteiger partial charge >= 0.3 is 5.97 Å². The molecule has 4 nitrogen and oxygen atoms in total. The second kappa shape index (κ2) is 4.68. The maximum absolute atomic E-state index is 10.9. The second-order valence-corrected chi connectivity index (χ2v) is 6.07. The summed E-state index contributed by atoms with van der Waals surface area (Å²) in [5.74, 6) is 0.147. The summed E-state index contributed by atoms with van der Waals surface area (Å²) < 4.78 is 5.66. The van der Waals surface area contributed by atoms with E-state index in [1.807, 2.05) is 0 Å². The molecule has 102 valence electrons. The summed E-state index contributed by atoms with van der Waals surface area (Å²) in [6, 6.07) is 4.75. The summed E-state index contributed by atoms with van der Waals surface area (Å²) in [5.41, 5.74) is 1.67. The SMILES string of the molecule is CC(Cc1nc2cc(C(=O)O)ccc2o1)C(C)(C)C. The second-order valence-electron chi connectivity index (χ2n) is 6.07. The zero-order valence-electron chi connectivity index (χ0n) is 11.7. The molecule has 0 saturated carbocycles. The van der Waals surface area contributed by atoms with E-state index < -0.39 is 5.97 Å². The molecule has 2 aromatic rings. The van der Waals surface area contributed by atoms with Crippen molar-refractivity contribution >= 4 is 17.1 Å². The van der Waals surface area contributed by atoms with Crippen molar-refractivity contribution in [1.82, 2.24) is 4.98 Å². The molecular formula is C15H19NO3. The van der Waals surface area contributed by atoms with E-state index in [-0.39, 0.29) is 11.0 Å². The van der Waals surface area contributed by atoms with Crippen LogP contribution in [0, 0.1) is 11.3 Å². The number of carbonyl (C=O) groups is 1. The Morgan fingerprint density at radius 3 is 2.68 bits per heavy atom. The van der Waals surface area contributed by atoms with Gasteiger partial charge in [-0.1, -0.05) is 27.7 Å². The number of rotatable bonds is 3. The molecule has 0 fully saturated rings. The van der Waals surface area contributed by atoms with Crippen molar-refractivity contribution in [3.63, 3.8) is 0 Å². The molecule has 0 aliphatic carbocycles. The third-order valence-electron chi connectivity index (χ3n) is 3.64. The van der Waals surface area contributed by atoms with Gasteiger partial charge in [0.1, 0.15) is 5.52 Å². The minimum absolute atomic E-state index is 0.187. The van der Waals surface area contributed by atoms with Gasteiger partial charge in [0.25, 0.3) is 0 Å². The molecule has 0 radical (unpaired) electrons. The maximum Gasteiger partial charge on any atom is 0.335 e. The first-order valence-electron chi connectivity index (χ1n) is 6.40. The van der Waals surface area contributed by atoms with Crippen LogP contribution in [0.1, 0.15) is 43.9 Å². The van der Waals surface area contributed by atoms with Gasteiger partial charge in [-0.2, -0.15) is 0 Å². The molecular weight excluding hydrogens is 242 g/mol. The highest BCUT2D eigenvalue weighted by Gasteiger charge is 2.22. The first-order valence-corrected chi connectivity index (χ1v) is 6.40. The lowest BCUT2D eigenvalue weighted by Crippen LogP contribution is -2.19. The number of fused-ring (bicyclic) bond motifs is 1. The Morgan fingerprint density at radius 1 is 1.42 bits per heavy atom. The summed E-state index contributed by atoms with van der Waals surface area (Å²) >= 11 is 0. The zero-order chi connectivity index (χ0) is 14.2. The number of hydrogen-bond donors (Lipinski definition) is 1. The lowest BCUT2D eigenvalue weighted by Gasteiger charge is -2.25. The van der Waals surface area contributed by atoms with Crippen LogP contribution >= 0.6 is 0 Å². The summed E-state index contributed by atoms with van der Waals surface area (Å²) in [7, 11) is 0. The van der Waals surface area contributed by atoms with Crippen LogP contribution in [0.4, 0.5) is 0 Å². The van der Waals surface area contributed by atoms with Crippen molar-refractivity contribution in [1.29, 1.82) is 0 Å². The average molecular weight is 261 g/mol. The highest BCUT2D eigenvalue weighted by molar-refractivity contribution is 5.91. The van der Waals surface area contributed by atoms with Crippen LogP contribution in [0.5, 0.6) is 0 Å². The first kappa shape index (κ1) is 13.6. The Hall–Kier alpha value is -1.84. The standard InChI is InChI=1S/C15H19NO3/c1-9(15(2,3)4)7-13-16-11-8-10(14(17)18)5-6-12(11)19-13/h5-6,8-9H,7H2,1-4H3,(H,17,18). The van der Waals surface area contributed by atoms with E-state index in [2.05, 4.69) is 32.7 Å². The van der Waals surface area contributed by atoms with E-state index in [0.29, 0.717) is 22.9 Å². The van der Waals surface area contributed by atoms with Crippen molar-refractivity contribution in [3.8, 4) is 0 Å². The maximum atomic E-state index is 10.9. The van der Waals surface area contributed by atoms with Crippen molar-refractivity contribution in [3.05, 3.63) is 29.7 Å². The lowest BCUT2D eigenvalue weighted by molar-refractivity contribution is 0.0697. The molecule has 1 heterocycles. The van der Waals surface area contributed by atoms with Gasteiger partial charge in [-0.25, -0.2) is 9.78 Å². The number of aromatic carboxylic acids is 1. The smallest absolute Gasteiger partial charge is 0.335 e. The quantitative estimate of drug-likeness (QED) is 0.913. The molecule has 0 aliphatic rings. The van der Waals surface area contributed by atoms with E-state index in [1.165, 1.54) is 6.07 Å². The molecule has 0 bridgehead atoms. The van der Waals surface area contributed by atoms with E-state index in [0.717, 1.165) is 6.42 Å². The van der Waals surface area contributed by atoms with Crippen molar-refractivity contribution in [2.24, 2.45) is 11.3 Å². The van der Waals surface area contributed by atoms with Crippen LogP contribution in [-0.2, 0) is 6.42 Å². The molecule has 0 saturated heterocycles. The third kappa shape index (κ3) is 2.95. The van der Waals surface area contributed by atoms with E-state index >= 15 is 0 Å². The van der Waals surface area contributed by atoms with Gasteiger partial charge in [0, 0.05) is 6.42 Å². The molecule has 1 aromatic carbocycles. The van der Waals surface area contributed by atoms with Gasteiger partial charge in [-0.15, -0.1) is 0 Å². The van der Waals surface area contributed by atoms with Crippen molar-refractivity contribution in [2.75, 3.05) is 0 Å². The Kier molecular flexibility index (Phi) is 3.35. The van der Waals surface area contributed by atoms with Crippen LogP contribution in [-0.4, -0.2) is 16.1 Å². The Bertz CT molecular complexity index is 607. The number of oxazole rings is 1. The van der Waals surface area contributed by atoms with Gasteiger partial charge in [0.2, 0.25) is 0 Å². The topological polar surface area (TPSA) is 63.3 Å². The highest BCUT2D eigenvalue weighted by atomic mass is 16.4. The largest absolute Gasteiger partial charge is 0.478 e. The fourth-order valence-electron chi connectivity index (χ4n) is 1.76. The number of benzene rings is 1. The minimum atomic E-state index is -0.950. The predicted molar refractivity (Wildman–Crippen MR) is 73.3 cm³/mol. The Balaban J connectivity index is 2.29. The van der Waals surface area contributed by atoms with Crippen LogP contribution in [0.15, 0.2) is 22.6 Å². The fraction of sp³-hybridized carbons (Fsp3) is 0.467. The molecule has 0 spiro atoms. The predicted octanol–water partition coefficient (Wildman–Crippen LogP) is 3.75. The monoisotopic (exact) mass is 261 g/mol. The molecule has 0 aliphatic heterocycles. The summed E-state index contributed by atoms with van der Waals surface area (Å²) in [6.45, 7) is 8.71. The average Bonchev–Trinajstić information content (AvgIpc) is 2.68. The van der Waals surface area contributed by atoms with Gasteiger partial charge in [-0.05, 0) is 29.5 Å². The lowest BCUT2D eigenvalue weighted by atomic mass is 9.80. The Labute approximate surface area is 112 Å². The zero-order valence-corrected chi connectivity index (χ0v) is 11.7. The van der Waals surface area contributed by atoms with Crippen LogP contribution in [0.3, 0.4) is 0 Å². The van der Waals surface area contributed by atoms with E-state index in [1.54, 1.807) is 12.1 Å². The van der Waals surface area contributed by atoms with Gasteiger partial charge in [0.15, 0.2) is 11.5 Å². The number of aromatic nitrogens is 1. The van der Waals surface area contributed by atoms with E-state index in [9.17, 15) is 4.79 Å². The fourth-order valence-corrected chi connectivity index (χ4v) is 1.76. The minimum Gasteiger partial charge on any atom is -0.478 e. The van der Waals surface area contributed by atoms with Crippen LogP contribution in [0.2, 0.25) is 0 Å². The molecule has 1 unspecified atom stereocenters. The Morgan fingerprint density at radius 2 is 2.11 bits per heavy atom. The van der Waals surface area contributed by atoms with Crippen LogP contribution in [0.25, 0.3) is 11.1 Å². The third-order valence-corrected chi connectivity index (χ3v) is 3.64. The molecule has 19 heavy (non-hydrogen) atoms. The summed E-state index contributed by atoms with van der Waals surface area (Å²) in [4.78, 5) is 15.3. The van der Waals surface area contributed by atoms with Crippen LogP contribution < -0.4 is 0 Å². The molecule has 2 rings (SSSR count). The molecule has 1 aromatic heterocycles. The molecule has 1 N–H and O–H groups in total. The number of carboxylic acids is 1.